The maximum atomic E-state index is 10.9. The van der Waals surface area contributed by atoms with E-state index in [0.717, 1.165) is 5.56 Å². The molecule has 1 fully saturated rings. The highest BCUT2D eigenvalue weighted by Gasteiger charge is 2.55. The van der Waals surface area contributed by atoms with Crippen molar-refractivity contribution in [2.24, 2.45) is 0 Å². The van der Waals surface area contributed by atoms with Crippen LogP contribution in [0.2, 0.25) is 5.02 Å². The number of halogens is 1. The fourth-order valence-corrected chi connectivity index (χ4v) is 3.77. The Kier molecular flexibility index (Phi) is 4.56. The third kappa shape index (κ3) is 2.85. The average molecular weight is 405 g/mol. The fraction of sp³-hybridized carbons (Fsp3) is 0.368. The second kappa shape index (κ2) is 6.68. The number of aromatic nitrogens is 3. The highest BCUT2D eigenvalue weighted by atomic mass is 35.5. The van der Waals surface area contributed by atoms with Gasteiger partial charge in [-0.2, -0.15) is 0 Å². The first-order chi connectivity index (χ1) is 13.2. The minimum Gasteiger partial charge on any atom is -0.386 e. The molecule has 0 aliphatic carbocycles. The highest BCUT2D eigenvalue weighted by molar-refractivity contribution is 6.31. The molecule has 3 heterocycles. The zero-order valence-corrected chi connectivity index (χ0v) is 16.1. The number of rotatable bonds is 3. The van der Waals surface area contributed by atoms with Crippen LogP contribution < -0.4 is 5.73 Å². The molecule has 0 bridgehead atoms. The third-order valence-corrected chi connectivity index (χ3v) is 5.78. The molecule has 148 valence electrons. The quantitative estimate of drug-likeness (QED) is 0.523. The molecular weight excluding hydrogens is 384 g/mol. The lowest BCUT2D eigenvalue weighted by Crippen LogP contribution is -2.47. The van der Waals surface area contributed by atoms with Crippen LogP contribution in [-0.2, 0) is 4.74 Å². The van der Waals surface area contributed by atoms with Crippen LogP contribution in [0.1, 0.15) is 30.4 Å². The number of nitrogen functional groups attached to an aromatic ring is 1. The van der Waals surface area contributed by atoms with Gasteiger partial charge in [-0.25, -0.2) is 9.97 Å². The summed E-state index contributed by atoms with van der Waals surface area (Å²) in [5, 5.41) is 33.8. The molecule has 0 spiro atoms. The molecule has 5 atom stereocenters. The smallest absolute Gasteiger partial charge is 0.164 e. The lowest BCUT2D eigenvalue weighted by molar-refractivity contribution is -0.115. The fourth-order valence-electron chi connectivity index (χ4n) is 3.65. The molecule has 28 heavy (non-hydrogen) atoms. The van der Waals surface area contributed by atoms with Gasteiger partial charge in [-0.1, -0.05) is 23.7 Å². The Bertz CT molecular complexity index is 1040. The van der Waals surface area contributed by atoms with Gasteiger partial charge in [-0.05, 0) is 37.1 Å². The first kappa shape index (κ1) is 19.1. The van der Waals surface area contributed by atoms with Crippen molar-refractivity contribution in [3.05, 3.63) is 52.9 Å². The largest absolute Gasteiger partial charge is 0.386 e. The van der Waals surface area contributed by atoms with E-state index in [1.807, 2.05) is 6.92 Å². The van der Waals surface area contributed by atoms with Crippen molar-refractivity contribution in [3.8, 4) is 0 Å². The number of fused-ring (bicyclic) bond motifs is 1. The van der Waals surface area contributed by atoms with E-state index in [2.05, 4.69) is 9.97 Å². The van der Waals surface area contributed by atoms with Crippen LogP contribution in [0.5, 0.6) is 0 Å². The van der Waals surface area contributed by atoms with E-state index < -0.39 is 30.1 Å². The summed E-state index contributed by atoms with van der Waals surface area (Å²) in [5.74, 6) is 0.302. The Morgan fingerprint density at radius 1 is 1.32 bits per heavy atom. The first-order valence-electron chi connectivity index (χ1n) is 8.79. The van der Waals surface area contributed by atoms with Crippen LogP contribution in [0, 0.1) is 6.92 Å². The van der Waals surface area contributed by atoms with Crippen LogP contribution in [0.4, 0.5) is 5.82 Å². The van der Waals surface area contributed by atoms with Crippen LogP contribution in [-0.4, -0.2) is 47.7 Å². The molecule has 8 nitrogen and oxygen atoms in total. The summed E-state index contributed by atoms with van der Waals surface area (Å²) in [6, 6.07) is 6.78. The lowest BCUT2D eigenvalue weighted by atomic mass is 9.88. The molecule has 9 heteroatoms. The third-order valence-electron chi connectivity index (χ3n) is 5.36. The Morgan fingerprint density at radius 2 is 2.07 bits per heavy atom. The monoisotopic (exact) mass is 404 g/mol. The number of nitrogens with zero attached hydrogens (tertiary/aromatic N) is 3. The number of benzene rings is 1. The first-order valence-corrected chi connectivity index (χ1v) is 9.16. The number of aryl methyl sites for hydroxylation is 1. The summed E-state index contributed by atoms with van der Waals surface area (Å²) < 4.78 is 7.52. The Balaban J connectivity index is 1.71. The minimum atomic E-state index is -1.72. The van der Waals surface area contributed by atoms with Gasteiger partial charge in [0.05, 0.1) is 5.39 Å². The summed E-state index contributed by atoms with van der Waals surface area (Å²) in [6.45, 7) is 3.25. The van der Waals surface area contributed by atoms with Gasteiger partial charge in [0, 0.05) is 11.2 Å². The van der Waals surface area contributed by atoms with Crippen molar-refractivity contribution >= 4 is 28.5 Å². The van der Waals surface area contributed by atoms with Gasteiger partial charge in [0.1, 0.15) is 41.7 Å². The molecular formula is C19H21ClN4O4. The zero-order valence-electron chi connectivity index (χ0n) is 15.3. The standard InChI is InChI=1S/C19H21ClN4O4/c1-9-7-10(3-4-12(9)20)13(25)15-19(2,27)14(26)18(28-15)24-6-5-11-16(21)22-8-23-17(11)24/h3-8,13-15,18,25-27H,1-2H3,(H2,21,22,23)/t13?,14-,15+,18+,19-/m0/s1. The topological polar surface area (TPSA) is 127 Å². The van der Waals surface area contributed by atoms with Gasteiger partial charge in [-0.15, -0.1) is 0 Å². The Labute approximate surface area is 166 Å². The van der Waals surface area contributed by atoms with Crippen molar-refractivity contribution < 1.29 is 20.1 Å². The Morgan fingerprint density at radius 3 is 2.79 bits per heavy atom. The molecule has 3 aromatic rings. The van der Waals surface area contributed by atoms with Crippen molar-refractivity contribution in [2.75, 3.05) is 5.73 Å². The lowest BCUT2D eigenvalue weighted by Gasteiger charge is -2.30. The second-order valence-electron chi connectivity index (χ2n) is 7.29. The molecule has 0 amide bonds. The summed E-state index contributed by atoms with van der Waals surface area (Å²) >= 11 is 6.06. The van der Waals surface area contributed by atoms with Crippen LogP contribution >= 0.6 is 11.6 Å². The van der Waals surface area contributed by atoms with Crippen LogP contribution in [0.15, 0.2) is 36.8 Å². The van der Waals surface area contributed by atoms with E-state index >= 15 is 0 Å². The number of anilines is 1. The van der Waals surface area contributed by atoms with Crippen LogP contribution in [0.25, 0.3) is 11.0 Å². The van der Waals surface area contributed by atoms with Gasteiger partial charge in [0.2, 0.25) is 0 Å². The molecule has 1 aliphatic rings. The summed E-state index contributed by atoms with van der Waals surface area (Å²) in [6.07, 6.45) is -1.56. The van der Waals surface area contributed by atoms with Gasteiger partial charge < -0.3 is 30.4 Å². The minimum absolute atomic E-state index is 0.302. The molecule has 0 saturated carbocycles. The number of hydrogen-bond donors (Lipinski definition) is 4. The maximum Gasteiger partial charge on any atom is 0.164 e. The molecule has 1 saturated heterocycles. The molecule has 2 aromatic heterocycles. The molecule has 4 rings (SSSR count). The van der Waals surface area contributed by atoms with E-state index in [9.17, 15) is 15.3 Å². The second-order valence-corrected chi connectivity index (χ2v) is 7.70. The van der Waals surface area contributed by atoms with Gasteiger partial charge in [-0.3, -0.25) is 0 Å². The highest BCUT2D eigenvalue weighted by Crippen LogP contribution is 2.43. The molecule has 0 radical (unpaired) electrons. The van der Waals surface area contributed by atoms with Crippen molar-refractivity contribution in [1.82, 2.24) is 14.5 Å². The van der Waals surface area contributed by atoms with E-state index in [-0.39, 0.29) is 0 Å². The number of ether oxygens (including phenoxy) is 1. The van der Waals surface area contributed by atoms with Gasteiger partial charge in [0.15, 0.2) is 6.23 Å². The summed E-state index contributed by atoms with van der Waals surface area (Å²) in [4.78, 5) is 8.14. The Hall–Kier alpha value is -2.23. The molecule has 5 N–H and O–H groups in total. The number of hydrogen-bond acceptors (Lipinski definition) is 7. The van der Waals surface area contributed by atoms with Gasteiger partial charge in [0.25, 0.3) is 0 Å². The number of aliphatic hydroxyl groups excluding tert-OH is 2. The molecule has 1 aromatic carbocycles. The number of aliphatic hydroxyl groups is 3. The van der Waals surface area contributed by atoms with E-state index in [1.54, 1.807) is 35.0 Å². The van der Waals surface area contributed by atoms with Crippen molar-refractivity contribution in [2.45, 2.75) is 44.0 Å². The van der Waals surface area contributed by atoms with Crippen molar-refractivity contribution in [3.63, 3.8) is 0 Å². The van der Waals surface area contributed by atoms with E-state index in [1.165, 1.54) is 13.3 Å². The van der Waals surface area contributed by atoms with Crippen molar-refractivity contribution in [1.29, 1.82) is 0 Å². The van der Waals surface area contributed by atoms with Crippen LogP contribution in [0.3, 0.4) is 0 Å². The summed E-state index contributed by atoms with van der Waals surface area (Å²) in [5.41, 5.74) is 5.93. The molecule has 1 unspecified atom stereocenters. The normalized spacial score (nSPS) is 28.7. The molecule has 1 aliphatic heterocycles. The SMILES string of the molecule is Cc1cc(C(O)[C@H]2O[C@@H](n3ccc4c(N)ncnc43)[C@H](O)[C@]2(C)O)ccc1Cl. The summed E-state index contributed by atoms with van der Waals surface area (Å²) in [7, 11) is 0. The number of nitrogens with two attached hydrogens (primary N) is 1. The van der Waals surface area contributed by atoms with E-state index in [4.69, 9.17) is 22.1 Å². The van der Waals surface area contributed by atoms with Gasteiger partial charge >= 0.3 is 0 Å². The average Bonchev–Trinajstić information content (AvgIpc) is 3.17. The maximum absolute atomic E-state index is 10.9. The predicted molar refractivity (Wildman–Crippen MR) is 104 cm³/mol. The zero-order chi connectivity index (χ0) is 20.2. The van der Waals surface area contributed by atoms with E-state index in [0.29, 0.717) is 27.4 Å². The predicted octanol–water partition coefficient (Wildman–Crippen LogP) is 1.72.